The Morgan fingerprint density at radius 2 is 1.83 bits per heavy atom. The Hall–Kier alpha value is -2.73. The number of ether oxygens (including phenoxy) is 2. The zero-order valence-corrected chi connectivity index (χ0v) is 18.5. The second kappa shape index (κ2) is 10.3. The van der Waals surface area contributed by atoms with Crippen molar-refractivity contribution >= 4 is 17.3 Å². The average molecular weight is 412 g/mol. The Kier molecular flexibility index (Phi) is 7.57. The maximum absolute atomic E-state index is 12.5. The molecule has 0 aromatic heterocycles. The molecule has 1 aliphatic rings. The van der Waals surface area contributed by atoms with Crippen molar-refractivity contribution in [2.24, 2.45) is 0 Å². The number of hydrogen-bond acceptors (Lipinski definition) is 5. The molecule has 2 aromatic carbocycles. The van der Waals surface area contributed by atoms with Crippen LogP contribution in [0.3, 0.4) is 0 Å². The van der Waals surface area contributed by atoms with Crippen LogP contribution in [0.4, 0.5) is 11.4 Å². The molecular formula is C24H33N3O3. The predicted molar refractivity (Wildman–Crippen MR) is 122 cm³/mol. The standard InChI is InChI=1S/C24H33N3O3/c1-5-26-13-15-27(16-14-26)20-10-11-21(18(2)17-20)25-23(28)12-9-19-7-6-8-22(29-3)24(19)30-4/h6-8,10-11,17H,5,9,12-16H2,1-4H3,(H,25,28). The van der Waals surface area contributed by atoms with E-state index in [2.05, 4.69) is 34.2 Å². The Morgan fingerprint density at radius 1 is 1.07 bits per heavy atom. The van der Waals surface area contributed by atoms with Gasteiger partial charge >= 0.3 is 0 Å². The lowest BCUT2D eigenvalue weighted by atomic mass is 10.1. The number of nitrogens with one attached hydrogen (secondary N) is 1. The molecule has 162 valence electrons. The van der Waals surface area contributed by atoms with Crippen LogP contribution in [-0.2, 0) is 11.2 Å². The minimum Gasteiger partial charge on any atom is -0.493 e. The van der Waals surface area contributed by atoms with E-state index < -0.39 is 0 Å². The third-order valence-electron chi connectivity index (χ3n) is 5.77. The quantitative estimate of drug-likeness (QED) is 0.717. The van der Waals surface area contributed by atoms with Crippen molar-refractivity contribution in [2.45, 2.75) is 26.7 Å². The molecule has 3 rings (SSSR count). The number of methoxy groups -OCH3 is 2. The van der Waals surface area contributed by atoms with Crippen molar-refractivity contribution in [1.82, 2.24) is 4.90 Å². The van der Waals surface area contributed by atoms with Crippen LogP contribution in [0, 0.1) is 6.92 Å². The van der Waals surface area contributed by atoms with E-state index >= 15 is 0 Å². The summed E-state index contributed by atoms with van der Waals surface area (Å²) in [4.78, 5) is 17.4. The largest absolute Gasteiger partial charge is 0.493 e. The number of hydrogen-bond donors (Lipinski definition) is 1. The molecule has 1 aliphatic heterocycles. The van der Waals surface area contributed by atoms with Crippen LogP contribution in [0.2, 0.25) is 0 Å². The van der Waals surface area contributed by atoms with E-state index in [0.29, 0.717) is 24.3 Å². The van der Waals surface area contributed by atoms with Gasteiger partial charge in [-0.1, -0.05) is 19.1 Å². The van der Waals surface area contributed by atoms with Crippen LogP contribution in [0.5, 0.6) is 11.5 Å². The molecule has 30 heavy (non-hydrogen) atoms. The van der Waals surface area contributed by atoms with Crippen LogP contribution >= 0.6 is 0 Å². The number of anilines is 2. The number of carbonyl (C=O) groups excluding carboxylic acids is 1. The summed E-state index contributed by atoms with van der Waals surface area (Å²) >= 11 is 0. The van der Waals surface area contributed by atoms with Gasteiger partial charge in [0, 0.05) is 44.0 Å². The zero-order chi connectivity index (χ0) is 21.5. The van der Waals surface area contributed by atoms with E-state index in [-0.39, 0.29) is 5.91 Å². The summed E-state index contributed by atoms with van der Waals surface area (Å²) in [6.45, 7) is 9.65. The minimum absolute atomic E-state index is 0.00715. The fourth-order valence-corrected chi connectivity index (χ4v) is 3.92. The number of para-hydroxylation sites is 1. The first-order chi connectivity index (χ1) is 14.5. The average Bonchev–Trinajstić information content (AvgIpc) is 2.78. The molecule has 6 heteroatoms. The number of nitrogens with zero attached hydrogens (tertiary/aromatic N) is 2. The van der Waals surface area contributed by atoms with Crippen LogP contribution in [-0.4, -0.2) is 57.8 Å². The number of benzene rings is 2. The first-order valence-electron chi connectivity index (χ1n) is 10.6. The van der Waals surface area contributed by atoms with E-state index in [1.54, 1.807) is 14.2 Å². The van der Waals surface area contributed by atoms with E-state index in [1.165, 1.54) is 5.69 Å². The molecule has 1 N–H and O–H groups in total. The van der Waals surface area contributed by atoms with Crippen molar-refractivity contribution in [1.29, 1.82) is 0 Å². The monoisotopic (exact) mass is 411 g/mol. The fraction of sp³-hybridized carbons (Fsp3) is 0.458. The van der Waals surface area contributed by atoms with Crippen LogP contribution < -0.4 is 19.7 Å². The highest BCUT2D eigenvalue weighted by molar-refractivity contribution is 5.92. The zero-order valence-electron chi connectivity index (χ0n) is 18.5. The summed E-state index contributed by atoms with van der Waals surface area (Å²) < 4.78 is 10.8. The number of piperazine rings is 1. The normalized spacial score (nSPS) is 14.5. The number of carbonyl (C=O) groups is 1. The molecule has 2 aromatic rings. The molecule has 0 spiro atoms. The number of rotatable bonds is 8. The lowest BCUT2D eigenvalue weighted by Crippen LogP contribution is -2.46. The molecule has 1 saturated heterocycles. The van der Waals surface area contributed by atoms with Gasteiger partial charge in [-0.2, -0.15) is 0 Å². The van der Waals surface area contributed by atoms with Gasteiger partial charge in [-0.05, 0) is 55.3 Å². The van der Waals surface area contributed by atoms with Gasteiger partial charge in [-0.3, -0.25) is 4.79 Å². The Morgan fingerprint density at radius 3 is 2.47 bits per heavy atom. The maximum Gasteiger partial charge on any atom is 0.224 e. The molecule has 0 saturated carbocycles. The van der Waals surface area contributed by atoms with Gasteiger partial charge in [0.15, 0.2) is 11.5 Å². The number of likely N-dealkylation sites (N-methyl/N-ethyl adjacent to an activating group) is 1. The first-order valence-corrected chi connectivity index (χ1v) is 10.6. The third kappa shape index (κ3) is 5.25. The Labute approximate surface area is 179 Å². The van der Waals surface area contributed by atoms with Crippen molar-refractivity contribution in [3.05, 3.63) is 47.5 Å². The number of aryl methyl sites for hydroxylation is 2. The summed E-state index contributed by atoms with van der Waals surface area (Å²) in [5, 5.41) is 3.06. The molecule has 0 atom stereocenters. The molecule has 0 radical (unpaired) electrons. The smallest absolute Gasteiger partial charge is 0.224 e. The molecule has 0 aliphatic carbocycles. The molecule has 0 bridgehead atoms. The summed E-state index contributed by atoms with van der Waals surface area (Å²) in [6, 6.07) is 12.0. The van der Waals surface area contributed by atoms with Crippen LogP contribution in [0.25, 0.3) is 0 Å². The summed E-state index contributed by atoms with van der Waals surface area (Å²) in [5.41, 5.74) is 4.14. The van der Waals surface area contributed by atoms with Gasteiger partial charge in [0.1, 0.15) is 0 Å². The maximum atomic E-state index is 12.5. The predicted octanol–water partition coefficient (Wildman–Crippen LogP) is 3.73. The van der Waals surface area contributed by atoms with Crippen molar-refractivity contribution in [2.75, 3.05) is 57.2 Å². The summed E-state index contributed by atoms with van der Waals surface area (Å²) in [7, 11) is 3.24. The van der Waals surface area contributed by atoms with Crippen LogP contribution in [0.1, 0.15) is 24.5 Å². The molecule has 1 heterocycles. The van der Waals surface area contributed by atoms with Gasteiger partial charge in [0.05, 0.1) is 14.2 Å². The van der Waals surface area contributed by atoms with Gasteiger partial charge in [-0.15, -0.1) is 0 Å². The van der Waals surface area contributed by atoms with Crippen molar-refractivity contribution in [3.63, 3.8) is 0 Å². The van der Waals surface area contributed by atoms with E-state index in [4.69, 9.17) is 9.47 Å². The molecule has 0 unspecified atom stereocenters. The molecule has 1 fully saturated rings. The first kappa shape index (κ1) is 22.0. The Balaban J connectivity index is 1.58. The SMILES string of the molecule is CCN1CCN(c2ccc(NC(=O)CCc3cccc(OC)c3OC)c(C)c2)CC1. The fourth-order valence-electron chi connectivity index (χ4n) is 3.92. The summed E-state index contributed by atoms with van der Waals surface area (Å²) in [5.74, 6) is 1.37. The third-order valence-corrected chi connectivity index (χ3v) is 5.77. The second-order valence-electron chi connectivity index (χ2n) is 7.62. The highest BCUT2D eigenvalue weighted by atomic mass is 16.5. The summed E-state index contributed by atoms with van der Waals surface area (Å²) in [6.07, 6.45) is 0.967. The van der Waals surface area contributed by atoms with E-state index in [1.807, 2.05) is 31.2 Å². The van der Waals surface area contributed by atoms with Crippen molar-refractivity contribution < 1.29 is 14.3 Å². The number of amides is 1. The van der Waals surface area contributed by atoms with Crippen molar-refractivity contribution in [3.8, 4) is 11.5 Å². The molecule has 6 nitrogen and oxygen atoms in total. The highest BCUT2D eigenvalue weighted by Gasteiger charge is 2.17. The van der Waals surface area contributed by atoms with Gasteiger partial charge in [0.2, 0.25) is 5.91 Å². The van der Waals surface area contributed by atoms with Gasteiger partial charge < -0.3 is 24.6 Å². The van der Waals surface area contributed by atoms with E-state index in [9.17, 15) is 4.79 Å². The Bertz CT molecular complexity index is 861. The van der Waals surface area contributed by atoms with Gasteiger partial charge in [0.25, 0.3) is 0 Å². The lowest BCUT2D eigenvalue weighted by molar-refractivity contribution is -0.116. The molecular weight excluding hydrogens is 378 g/mol. The molecule has 1 amide bonds. The lowest BCUT2D eigenvalue weighted by Gasteiger charge is -2.35. The second-order valence-corrected chi connectivity index (χ2v) is 7.62. The van der Waals surface area contributed by atoms with Gasteiger partial charge in [-0.25, -0.2) is 0 Å². The topological polar surface area (TPSA) is 54.0 Å². The van der Waals surface area contributed by atoms with E-state index in [0.717, 1.165) is 49.5 Å². The minimum atomic E-state index is -0.00715. The van der Waals surface area contributed by atoms with Crippen LogP contribution in [0.15, 0.2) is 36.4 Å². The highest BCUT2D eigenvalue weighted by Crippen LogP contribution is 2.31.